The number of nitro groups is 1. The van der Waals surface area contributed by atoms with Gasteiger partial charge in [0.25, 0.3) is 5.69 Å². The van der Waals surface area contributed by atoms with Gasteiger partial charge in [-0.25, -0.2) is 0 Å². The summed E-state index contributed by atoms with van der Waals surface area (Å²) >= 11 is 0. The number of amides is 1. The van der Waals surface area contributed by atoms with Gasteiger partial charge in [0, 0.05) is 74.6 Å². The fourth-order valence-electron chi connectivity index (χ4n) is 5.50. The molecule has 3 aromatic carbocycles. The first-order valence-corrected chi connectivity index (χ1v) is 14.6. The van der Waals surface area contributed by atoms with Crippen molar-refractivity contribution in [3.63, 3.8) is 0 Å². The van der Waals surface area contributed by atoms with E-state index in [1.807, 2.05) is 30.3 Å². The monoisotopic (exact) mass is 604 g/mol. The molecule has 0 radical (unpaired) electrons. The first-order chi connectivity index (χ1) is 21.3. The minimum atomic E-state index is -1.03. The van der Waals surface area contributed by atoms with Gasteiger partial charge in [-0.2, -0.15) is 0 Å². The third-order valence-corrected chi connectivity index (χ3v) is 7.88. The van der Waals surface area contributed by atoms with Crippen LogP contribution in [0.1, 0.15) is 48.3 Å². The van der Waals surface area contributed by atoms with Gasteiger partial charge in [-0.05, 0) is 35.4 Å². The molecule has 2 saturated heterocycles. The number of carbonyl (C=O) groups is 2. The van der Waals surface area contributed by atoms with Gasteiger partial charge in [-0.3, -0.25) is 24.6 Å². The van der Waals surface area contributed by atoms with Gasteiger partial charge in [0.2, 0.25) is 5.91 Å². The largest absolute Gasteiger partial charge is 0.481 e. The van der Waals surface area contributed by atoms with E-state index in [0.717, 1.165) is 48.6 Å². The summed E-state index contributed by atoms with van der Waals surface area (Å²) in [5.74, 6) is -1.42. The second-order valence-electron chi connectivity index (χ2n) is 11.0. The molecule has 0 bridgehead atoms. The molecular weight excluding hydrogens is 568 g/mol. The van der Waals surface area contributed by atoms with E-state index in [9.17, 15) is 24.8 Å². The number of carbonyl (C=O) groups excluding carboxylic acids is 1. The zero-order valence-corrected chi connectivity index (χ0v) is 24.2. The number of aliphatic carboxylic acids is 1. The highest BCUT2D eigenvalue weighted by molar-refractivity contribution is 5.92. The molecule has 232 valence electrons. The molecule has 0 unspecified atom stereocenters. The maximum absolute atomic E-state index is 12.2. The molecule has 0 aromatic heterocycles. The Balaban J connectivity index is 1.26. The number of carboxylic acids is 1. The van der Waals surface area contributed by atoms with E-state index in [4.69, 9.17) is 14.6 Å². The molecule has 12 nitrogen and oxygen atoms in total. The number of rotatable bonds is 11. The number of aliphatic hydroxyl groups excluding tert-OH is 1. The molecule has 2 fully saturated rings. The van der Waals surface area contributed by atoms with Crippen LogP contribution >= 0.6 is 0 Å². The summed E-state index contributed by atoms with van der Waals surface area (Å²) in [6.45, 7) is 3.80. The number of hydrogen-bond donors (Lipinski definition) is 3. The Morgan fingerprint density at radius 1 is 0.932 bits per heavy atom. The van der Waals surface area contributed by atoms with Crippen LogP contribution in [0.3, 0.4) is 0 Å². The van der Waals surface area contributed by atoms with Crippen LogP contribution in [0.2, 0.25) is 0 Å². The van der Waals surface area contributed by atoms with Crippen LogP contribution < -0.4 is 10.2 Å². The van der Waals surface area contributed by atoms with E-state index < -0.39 is 17.2 Å². The average Bonchev–Trinajstić information content (AvgIpc) is 3.04. The smallest absolute Gasteiger partial charge is 0.303 e. The molecule has 3 atom stereocenters. The van der Waals surface area contributed by atoms with E-state index in [2.05, 4.69) is 15.1 Å². The van der Waals surface area contributed by atoms with Crippen molar-refractivity contribution in [1.82, 2.24) is 4.90 Å². The van der Waals surface area contributed by atoms with Crippen molar-refractivity contribution in [3.05, 3.63) is 99.6 Å². The summed E-state index contributed by atoms with van der Waals surface area (Å²) in [5, 5.41) is 32.1. The van der Waals surface area contributed by atoms with Crippen LogP contribution in [0, 0.1) is 10.1 Å². The zero-order chi connectivity index (χ0) is 31.1. The highest BCUT2D eigenvalue weighted by atomic mass is 16.7. The SMILES string of the molecule is O=C(O)CCC(=O)Nc1cccc([C@H]2O[C@@H](CN3CCN(c4ccc([N+](=O)[O-])cc4)CC3)C[C@@H](c3ccc(CO)cc3)O2)c1. The summed E-state index contributed by atoms with van der Waals surface area (Å²) in [5.41, 5.74) is 4.07. The van der Waals surface area contributed by atoms with E-state index in [-0.39, 0.29) is 43.3 Å². The third kappa shape index (κ3) is 8.17. The Kier molecular flexibility index (Phi) is 10.2. The molecule has 3 N–H and O–H groups in total. The van der Waals surface area contributed by atoms with Crippen molar-refractivity contribution in [1.29, 1.82) is 0 Å². The third-order valence-electron chi connectivity index (χ3n) is 7.88. The number of benzene rings is 3. The number of nitrogens with one attached hydrogen (secondary N) is 1. The number of ether oxygens (including phenoxy) is 2. The molecule has 12 heteroatoms. The minimum absolute atomic E-state index is 0.0446. The van der Waals surface area contributed by atoms with Crippen molar-refractivity contribution in [2.24, 2.45) is 0 Å². The van der Waals surface area contributed by atoms with Crippen LogP contribution in [0.4, 0.5) is 17.1 Å². The topological polar surface area (TPSA) is 155 Å². The van der Waals surface area contributed by atoms with E-state index in [0.29, 0.717) is 18.7 Å². The minimum Gasteiger partial charge on any atom is -0.481 e. The lowest BCUT2D eigenvalue weighted by Gasteiger charge is -2.41. The molecule has 0 saturated carbocycles. The normalized spacial score (nSPS) is 20.7. The number of non-ortho nitro benzene ring substituents is 1. The number of carboxylic acid groups (broad SMARTS) is 1. The lowest BCUT2D eigenvalue weighted by Crippen LogP contribution is -2.49. The van der Waals surface area contributed by atoms with Crippen LogP contribution in [0.15, 0.2) is 72.8 Å². The Morgan fingerprint density at radius 2 is 1.66 bits per heavy atom. The standard InChI is InChI=1S/C32H36N4O8/c37-21-22-4-6-23(7-5-22)29-19-28(20-34-14-16-35(17-15-34)26-8-10-27(11-9-26)36(41)42)43-32(44-29)24-2-1-3-25(18-24)33-30(38)12-13-31(39)40/h1-11,18,28-29,32,37H,12-17,19-21H2,(H,33,38)(H,39,40)/t28-,29+,32+/m1/s1. The summed E-state index contributed by atoms with van der Waals surface area (Å²) in [6, 6.07) is 21.5. The maximum Gasteiger partial charge on any atom is 0.303 e. The Bertz CT molecular complexity index is 1440. The zero-order valence-electron chi connectivity index (χ0n) is 24.2. The van der Waals surface area contributed by atoms with Crippen molar-refractivity contribution < 1.29 is 34.2 Å². The number of aliphatic hydroxyl groups is 1. The van der Waals surface area contributed by atoms with Gasteiger partial charge in [-0.1, -0.05) is 36.4 Å². The van der Waals surface area contributed by atoms with Crippen LogP contribution in [0.25, 0.3) is 0 Å². The molecule has 5 rings (SSSR count). The summed E-state index contributed by atoms with van der Waals surface area (Å²) in [6.07, 6.45) is -0.864. The predicted molar refractivity (Wildman–Crippen MR) is 162 cm³/mol. The molecule has 0 aliphatic carbocycles. The Hall–Kier alpha value is -4.36. The van der Waals surface area contributed by atoms with Crippen LogP contribution in [-0.2, 0) is 25.7 Å². The number of piperazine rings is 1. The molecule has 0 spiro atoms. The molecule has 2 aliphatic rings. The van der Waals surface area contributed by atoms with Gasteiger partial charge >= 0.3 is 5.97 Å². The van der Waals surface area contributed by atoms with E-state index in [1.165, 1.54) is 12.1 Å². The highest BCUT2D eigenvalue weighted by Crippen LogP contribution is 2.39. The lowest BCUT2D eigenvalue weighted by molar-refractivity contribution is -0.384. The Labute approximate surface area is 255 Å². The van der Waals surface area contributed by atoms with Crippen LogP contribution in [-0.4, -0.2) is 70.7 Å². The molecule has 2 aliphatic heterocycles. The van der Waals surface area contributed by atoms with Crippen molar-refractivity contribution >= 4 is 28.9 Å². The molecule has 44 heavy (non-hydrogen) atoms. The Morgan fingerprint density at radius 3 is 2.32 bits per heavy atom. The summed E-state index contributed by atoms with van der Waals surface area (Å²) < 4.78 is 12.9. The van der Waals surface area contributed by atoms with Crippen LogP contribution in [0.5, 0.6) is 0 Å². The van der Waals surface area contributed by atoms with Gasteiger partial charge in [-0.15, -0.1) is 0 Å². The average molecular weight is 605 g/mol. The first kappa shape index (κ1) is 31.1. The molecule has 2 heterocycles. The highest BCUT2D eigenvalue weighted by Gasteiger charge is 2.34. The van der Waals surface area contributed by atoms with Crippen molar-refractivity contribution in [2.75, 3.05) is 42.9 Å². The van der Waals surface area contributed by atoms with Gasteiger partial charge in [0.1, 0.15) is 0 Å². The quantitative estimate of drug-likeness (QED) is 0.214. The van der Waals surface area contributed by atoms with Crippen molar-refractivity contribution in [3.8, 4) is 0 Å². The predicted octanol–water partition coefficient (Wildman–Crippen LogP) is 4.26. The second kappa shape index (κ2) is 14.4. The van der Waals surface area contributed by atoms with E-state index >= 15 is 0 Å². The first-order valence-electron chi connectivity index (χ1n) is 14.6. The lowest BCUT2D eigenvalue weighted by atomic mass is 9.99. The van der Waals surface area contributed by atoms with E-state index in [1.54, 1.807) is 30.3 Å². The molecular formula is C32H36N4O8. The number of anilines is 2. The fraction of sp³-hybridized carbons (Fsp3) is 0.375. The summed E-state index contributed by atoms with van der Waals surface area (Å²) in [7, 11) is 0. The van der Waals surface area contributed by atoms with Gasteiger partial charge < -0.3 is 29.9 Å². The number of nitrogens with zero attached hydrogens (tertiary/aromatic N) is 3. The van der Waals surface area contributed by atoms with Gasteiger partial charge in [0.15, 0.2) is 6.29 Å². The summed E-state index contributed by atoms with van der Waals surface area (Å²) in [4.78, 5) is 38.2. The second-order valence-corrected chi connectivity index (χ2v) is 11.0. The number of hydrogen-bond acceptors (Lipinski definition) is 9. The maximum atomic E-state index is 12.2. The molecule has 3 aromatic rings. The van der Waals surface area contributed by atoms with Crippen molar-refractivity contribution in [2.45, 2.75) is 44.4 Å². The molecule has 1 amide bonds. The van der Waals surface area contributed by atoms with Gasteiger partial charge in [0.05, 0.1) is 30.2 Å². The number of nitro benzene ring substituents is 1. The fourth-order valence-corrected chi connectivity index (χ4v) is 5.50.